The molecule has 1 fully saturated rings. The van der Waals surface area contributed by atoms with E-state index in [0.29, 0.717) is 10.6 Å². The number of nitrogens with one attached hydrogen (secondary N) is 2. The van der Waals surface area contributed by atoms with Crippen molar-refractivity contribution in [2.24, 2.45) is 5.73 Å². The third-order valence-electron chi connectivity index (χ3n) is 5.14. The Morgan fingerprint density at radius 1 is 1.26 bits per heavy atom. The van der Waals surface area contributed by atoms with Crippen LogP contribution in [0.1, 0.15) is 27.5 Å². The van der Waals surface area contributed by atoms with Gasteiger partial charge in [-0.3, -0.25) is 9.69 Å². The molecule has 0 radical (unpaired) electrons. The first-order valence-electron chi connectivity index (χ1n) is 9.08. The Morgan fingerprint density at radius 3 is 2.81 bits per heavy atom. The third kappa shape index (κ3) is 3.69. The lowest BCUT2D eigenvalue weighted by Gasteiger charge is -2.36. The van der Waals surface area contributed by atoms with Gasteiger partial charge in [0.15, 0.2) is 0 Å². The number of hydrogen-bond acceptors (Lipinski definition) is 4. The third-order valence-corrected chi connectivity index (χ3v) is 5.37. The van der Waals surface area contributed by atoms with Crippen LogP contribution in [0.15, 0.2) is 42.7 Å². The van der Waals surface area contributed by atoms with Crippen LogP contribution in [0, 0.1) is 0 Å². The first-order chi connectivity index (χ1) is 13.1. The number of aromatic amines is 1. The zero-order valence-electron chi connectivity index (χ0n) is 14.9. The van der Waals surface area contributed by atoms with Crippen LogP contribution in [-0.4, -0.2) is 47.0 Å². The Kier molecular flexibility index (Phi) is 5.11. The van der Waals surface area contributed by atoms with Crippen LogP contribution in [0.5, 0.6) is 0 Å². The second-order valence-corrected chi connectivity index (χ2v) is 7.26. The summed E-state index contributed by atoms with van der Waals surface area (Å²) in [4.78, 5) is 22.3. The summed E-state index contributed by atoms with van der Waals surface area (Å²) in [5.74, 6) is -0.430. The number of nitrogens with two attached hydrogens (primary N) is 1. The largest absolute Gasteiger partial charge is 0.366 e. The Bertz CT molecular complexity index is 964. The molecule has 2 aromatic carbocycles. The smallest absolute Gasteiger partial charge is 0.249 e. The summed E-state index contributed by atoms with van der Waals surface area (Å²) in [7, 11) is 0. The van der Waals surface area contributed by atoms with Crippen molar-refractivity contribution in [2.45, 2.75) is 12.5 Å². The Labute approximate surface area is 162 Å². The molecular weight excluding hydrogens is 362 g/mol. The number of primary amides is 1. The fourth-order valence-corrected chi connectivity index (χ4v) is 4.09. The second kappa shape index (κ2) is 7.68. The maximum atomic E-state index is 12.2. The minimum absolute atomic E-state index is 0.0138. The van der Waals surface area contributed by atoms with E-state index in [9.17, 15) is 4.79 Å². The minimum Gasteiger partial charge on any atom is -0.366 e. The van der Waals surface area contributed by atoms with Crippen molar-refractivity contribution in [3.63, 3.8) is 0 Å². The van der Waals surface area contributed by atoms with Crippen molar-refractivity contribution in [2.75, 3.05) is 26.2 Å². The van der Waals surface area contributed by atoms with Crippen LogP contribution in [-0.2, 0) is 6.42 Å². The molecule has 4 N–H and O–H groups in total. The number of fused-ring (bicyclic) bond motifs is 1. The van der Waals surface area contributed by atoms with E-state index in [4.69, 9.17) is 17.3 Å². The predicted molar refractivity (Wildman–Crippen MR) is 107 cm³/mol. The van der Waals surface area contributed by atoms with Crippen molar-refractivity contribution in [3.8, 4) is 0 Å². The summed E-state index contributed by atoms with van der Waals surface area (Å²) in [6.07, 6.45) is 2.39. The molecule has 1 aliphatic heterocycles. The van der Waals surface area contributed by atoms with Crippen LogP contribution >= 0.6 is 11.6 Å². The van der Waals surface area contributed by atoms with Crippen molar-refractivity contribution in [3.05, 3.63) is 64.4 Å². The molecule has 1 aliphatic rings. The van der Waals surface area contributed by atoms with Crippen molar-refractivity contribution >= 4 is 28.5 Å². The van der Waals surface area contributed by atoms with Gasteiger partial charge in [0.25, 0.3) is 0 Å². The van der Waals surface area contributed by atoms with Crippen LogP contribution in [0.2, 0.25) is 5.02 Å². The minimum atomic E-state index is -0.430. The van der Waals surface area contributed by atoms with Gasteiger partial charge in [-0.2, -0.15) is 0 Å². The zero-order chi connectivity index (χ0) is 18.8. The highest BCUT2D eigenvalue weighted by Crippen LogP contribution is 2.33. The van der Waals surface area contributed by atoms with E-state index in [0.717, 1.165) is 54.8 Å². The maximum Gasteiger partial charge on any atom is 0.249 e. The van der Waals surface area contributed by atoms with Gasteiger partial charge < -0.3 is 16.0 Å². The van der Waals surface area contributed by atoms with Gasteiger partial charge in [-0.1, -0.05) is 23.7 Å². The van der Waals surface area contributed by atoms with Gasteiger partial charge >= 0.3 is 0 Å². The normalized spacial score (nSPS) is 16.5. The van der Waals surface area contributed by atoms with Crippen molar-refractivity contribution < 1.29 is 4.79 Å². The summed E-state index contributed by atoms with van der Waals surface area (Å²) in [6, 6.07) is 11.5. The number of aromatic nitrogens is 2. The first kappa shape index (κ1) is 18.0. The molecule has 1 aromatic heterocycles. The van der Waals surface area contributed by atoms with E-state index in [1.807, 2.05) is 24.3 Å². The molecule has 3 aromatic rings. The van der Waals surface area contributed by atoms with Gasteiger partial charge in [-0.25, -0.2) is 4.98 Å². The lowest BCUT2D eigenvalue weighted by molar-refractivity contribution is 0.0995. The lowest BCUT2D eigenvalue weighted by atomic mass is 9.91. The Hall–Kier alpha value is -2.41. The van der Waals surface area contributed by atoms with Crippen LogP contribution in [0.4, 0.5) is 0 Å². The van der Waals surface area contributed by atoms with E-state index in [1.54, 1.807) is 12.4 Å². The number of halogens is 1. The summed E-state index contributed by atoms with van der Waals surface area (Å²) < 4.78 is 0. The number of H-pyrrole nitrogens is 1. The monoisotopic (exact) mass is 383 g/mol. The molecular formula is C20H22ClN5O. The SMILES string of the molecule is NC(=O)c1ccc2[nH]cnc2c1C(Cc1cccc(Cl)c1)N1CCNCC1. The number of benzene rings is 2. The number of amides is 1. The summed E-state index contributed by atoms with van der Waals surface area (Å²) in [5.41, 5.74) is 9.98. The fraction of sp³-hybridized carbons (Fsp3) is 0.300. The van der Waals surface area contributed by atoms with Crippen molar-refractivity contribution in [1.82, 2.24) is 20.2 Å². The quantitative estimate of drug-likeness (QED) is 0.631. The first-order valence-corrected chi connectivity index (χ1v) is 9.46. The second-order valence-electron chi connectivity index (χ2n) is 6.83. The molecule has 1 unspecified atom stereocenters. The molecule has 1 atom stereocenters. The van der Waals surface area contributed by atoms with E-state index in [-0.39, 0.29) is 6.04 Å². The highest BCUT2D eigenvalue weighted by molar-refractivity contribution is 6.30. The molecule has 140 valence electrons. The van der Waals surface area contributed by atoms with E-state index in [2.05, 4.69) is 26.3 Å². The molecule has 0 saturated carbocycles. The summed E-state index contributed by atoms with van der Waals surface area (Å²) in [6.45, 7) is 3.61. The average molecular weight is 384 g/mol. The zero-order valence-corrected chi connectivity index (χ0v) is 15.7. The molecule has 0 aliphatic carbocycles. The van der Waals surface area contributed by atoms with Gasteiger partial charge in [0.05, 0.1) is 17.4 Å². The number of hydrogen-bond donors (Lipinski definition) is 3. The molecule has 0 bridgehead atoms. The predicted octanol–water partition coefficient (Wildman–Crippen LogP) is 2.50. The van der Waals surface area contributed by atoms with Crippen LogP contribution in [0.25, 0.3) is 11.0 Å². The lowest BCUT2D eigenvalue weighted by Crippen LogP contribution is -2.46. The molecule has 27 heavy (non-hydrogen) atoms. The fourth-order valence-electron chi connectivity index (χ4n) is 3.88. The van der Waals surface area contributed by atoms with Gasteiger partial charge in [-0.05, 0) is 36.2 Å². The molecule has 6 nitrogen and oxygen atoms in total. The summed E-state index contributed by atoms with van der Waals surface area (Å²) in [5, 5.41) is 4.10. The van der Waals surface area contributed by atoms with Gasteiger partial charge in [0, 0.05) is 48.4 Å². The molecule has 0 spiro atoms. The average Bonchev–Trinajstić information content (AvgIpc) is 3.15. The van der Waals surface area contributed by atoms with Crippen LogP contribution in [0.3, 0.4) is 0 Å². The summed E-state index contributed by atoms with van der Waals surface area (Å²) >= 11 is 6.20. The molecule has 7 heteroatoms. The number of rotatable bonds is 5. The number of imidazole rings is 1. The molecule has 1 saturated heterocycles. The highest BCUT2D eigenvalue weighted by atomic mass is 35.5. The standard InChI is InChI=1S/C20H22ClN5O/c21-14-3-1-2-13(10-14)11-17(26-8-6-23-7-9-26)18-15(20(22)27)4-5-16-19(18)25-12-24-16/h1-5,10,12,17,23H,6-9,11H2,(H2,22,27)(H,24,25). The topological polar surface area (TPSA) is 87.0 Å². The number of carbonyl (C=O) groups excluding carboxylic acids is 1. The van der Waals surface area contributed by atoms with Crippen molar-refractivity contribution in [1.29, 1.82) is 0 Å². The number of piperazine rings is 1. The Balaban J connectivity index is 1.85. The van der Waals surface area contributed by atoms with E-state index in [1.165, 1.54) is 0 Å². The molecule has 1 amide bonds. The van der Waals surface area contributed by atoms with Crippen LogP contribution < -0.4 is 11.1 Å². The van der Waals surface area contributed by atoms with E-state index < -0.39 is 5.91 Å². The van der Waals surface area contributed by atoms with E-state index >= 15 is 0 Å². The number of nitrogens with zero attached hydrogens (tertiary/aromatic N) is 2. The van der Waals surface area contributed by atoms with Gasteiger partial charge in [-0.15, -0.1) is 0 Å². The van der Waals surface area contributed by atoms with Gasteiger partial charge in [0.2, 0.25) is 5.91 Å². The molecule has 2 heterocycles. The highest BCUT2D eigenvalue weighted by Gasteiger charge is 2.28. The maximum absolute atomic E-state index is 12.2. The molecule has 4 rings (SSSR count). The Morgan fingerprint density at radius 2 is 2.07 bits per heavy atom. The number of carbonyl (C=O) groups is 1. The van der Waals surface area contributed by atoms with Gasteiger partial charge in [0.1, 0.15) is 0 Å².